The zero-order chi connectivity index (χ0) is 20.1. The van der Waals surface area contributed by atoms with E-state index in [1.807, 2.05) is 18.2 Å². The molecule has 1 aromatic heterocycles. The molecule has 2 aromatic rings. The average Bonchev–Trinajstić information content (AvgIpc) is 2.75. The van der Waals surface area contributed by atoms with Crippen LogP contribution in [0, 0.1) is 5.92 Å². The number of hydrogen-bond donors (Lipinski definition) is 1. The second kappa shape index (κ2) is 7.10. The van der Waals surface area contributed by atoms with Crippen LogP contribution in [0.5, 0.6) is 11.6 Å². The van der Waals surface area contributed by atoms with Gasteiger partial charge in [-0.05, 0) is 81.3 Å². The van der Waals surface area contributed by atoms with Gasteiger partial charge in [0.05, 0.1) is 6.61 Å². The molecule has 1 saturated carbocycles. The highest BCUT2D eigenvalue weighted by atomic mass is 16.5. The number of aromatic nitrogens is 1. The first kappa shape index (κ1) is 19.1. The summed E-state index contributed by atoms with van der Waals surface area (Å²) < 4.78 is 6.10. The standard InChI is InChI=1S/C25H32N2O2/c1-24(2,17-28)27-14-12-25-11-5-3-7-20(25)22(27)15-18-9-10-19(16-21(18)25)29-23-8-4-6-13-26-23/h4,6,8-10,13,16,20,22,28H,3,5,7,11-12,14-15,17H2,1-2H3/t20-,22+,25+/m0/s1. The van der Waals surface area contributed by atoms with Crippen LogP contribution in [0.15, 0.2) is 42.6 Å². The van der Waals surface area contributed by atoms with Crippen LogP contribution < -0.4 is 4.74 Å². The Morgan fingerprint density at radius 2 is 2.10 bits per heavy atom. The third-order valence-electron chi connectivity index (χ3n) is 7.83. The molecule has 5 rings (SSSR count). The Hall–Kier alpha value is -1.91. The Morgan fingerprint density at radius 3 is 2.90 bits per heavy atom. The summed E-state index contributed by atoms with van der Waals surface area (Å²) in [7, 11) is 0. The molecule has 1 saturated heterocycles. The minimum atomic E-state index is -0.159. The van der Waals surface area contributed by atoms with Gasteiger partial charge in [0.25, 0.3) is 0 Å². The van der Waals surface area contributed by atoms with Crippen molar-refractivity contribution in [3.05, 3.63) is 53.7 Å². The van der Waals surface area contributed by atoms with Crippen LogP contribution in [-0.2, 0) is 11.8 Å². The third-order valence-corrected chi connectivity index (χ3v) is 7.83. The van der Waals surface area contributed by atoms with Gasteiger partial charge < -0.3 is 9.84 Å². The summed E-state index contributed by atoms with van der Waals surface area (Å²) in [6.07, 6.45) is 9.25. The molecule has 1 N–H and O–H groups in total. The van der Waals surface area contributed by atoms with E-state index in [4.69, 9.17) is 4.74 Å². The second-order valence-electron chi connectivity index (χ2n) is 9.78. The zero-order valence-corrected chi connectivity index (χ0v) is 17.6. The quantitative estimate of drug-likeness (QED) is 0.819. The first-order valence-corrected chi connectivity index (χ1v) is 11.1. The predicted molar refractivity (Wildman–Crippen MR) is 114 cm³/mol. The van der Waals surface area contributed by atoms with Gasteiger partial charge in [-0.25, -0.2) is 4.98 Å². The Balaban J connectivity index is 1.54. The minimum Gasteiger partial charge on any atom is -0.439 e. The van der Waals surface area contributed by atoms with Gasteiger partial charge in [-0.3, -0.25) is 4.90 Å². The topological polar surface area (TPSA) is 45.6 Å². The molecule has 1 aliphatic heterocycles. The highest BCUT2D eigenvalue weighted by Gasteiger charge is 2.55. The summed E-state index contributed by atoms with van der Waals surface area (Å²) in [6.45, 7) is 5.68. The molecule has 2 bridgehead atoms. The first-order chi connectivity index (χ1) is 14.0. The lowest BCUT2D eigenvalue weighted by molar-refractivity contribution is -0.0745. The second-order valence-corrected chi connectivity index (χ2v) is 9.78. The summed E-state index contributed by atoms with van der Waals surface area (Å²) >= 11 is 0. The van der Waals surface area contributed by atoms with Gasteiger partial charge in [-0.15, -0.1) is 0 Å². The van der Waals surface area contributed by atoms with Gasteiger partial charge in [-0.1, -0.05) is 25.0 Å². The van der Waals surface area contributed by atoms with Gasteiger partial charge >= 0.3 is 0 Å². The lowest BCUT2D eigenvalue weighted by atomic mass is 9.52. The number of rotatable bonds is 4. The summed E-state index contributed by atoms with van der Waals surface area (Å²) in [5.41, 5.74) is 3.10. The maximum absolute atomic E-state index is 10.0. The number of fused-ring (bicyclic) bond motifs is 1. The van der Waals surface area contributed by atoms with Crippen LogP contribution in [-0.4, -0.2) is 39.7 Å². The number of nitrogens with zero attached hydrogens (tertiary/aromatic N) is 2. The zero-order valence-electron chi connectivity index (χ0n) is 17.6. The minimum absolute atomic E-state index is 0.159. The fourth-order valence-electron chi connectivity index (χ4n) is 6.42. The Labute approximate surface area is 173 Å². The maximum Gasteiger partial charge on any atom is 0.219 e. The van der Waals surface area contributed by atoms with Crippen molar-refractivity contribution in [3.8, 4) is 11.6 Å². The molecule has 4 nitrogen and oxygen atoms in total. The van der Waals surface area contributed by atoms with Crippen LogP contribution in [0.1, 0.15) is 57.1 Å². The van der Waals surface area contributed by atoms with E-state index in [0.717, 1.165) is 18.7 Å². The average molecular weight is 393 g/mol. The van der Waals surface area contributed by atoms with E-state index in [9.17, 15) is 5.11 Å². The van der Waals surface area contributed by atoms with E-state index < -0.39 is 0 Å². The van der Waals surface area contributed by atoms with Crippen LogP contribution in [0.25, 0.3) is 0 Å². The molecule has 2 aliphatic carbocycles. The summed E-state index contributed by atoms with van der Waals surface area (Å²) in [6, 6.07) is 13.0. The molecule has 0 unspecified atom stereocenters. The van der Waals surface area contributed by atoms with Gasteiger partial charge in [0.2, 0.25) is 5.88 Å². The molecule has 0 radical (unpaired) electrons. The first-order valence-electron chi connectivity index (χ1n) is 11.1. The van der Waals surface area contributed by atoms with E-state index >= 15 is 0 Å². The SMILES string of the molecule is CC(C)(CO)N1CC[C@]23CCCC[C@H]2[C@H]1Cc1ccc(Oc2ccccn2)cc13. The van der Waals surface area contributed by atoms with Crippen molar-refractivity contribution in [1.82, 2.24) is 9.88 Å². The monoisotopic (exact) mass is 392 g/mol. The van der Waals surface area contributed by atoms with Gasteiger partial charge in [0.1, 0.15) is 5.75 Å². The van der Waals surface area contributed by atoms with E-state index in [-0.39, 0.29) is 17.6 Å². The van der Waals surface area contributed by atoms with Gasteiger partial charge in [-0.2, -0.15) is 0 Å². The molecular formula is C25H32N2O2. The Morgan fingerprint density at radius 1 is 1.21 bits per heavy atom. The van der Waals surface area contributed by atoms with Crippen molar-refractivity contribution in [2.75, 3.05) is 13.2 Å². The highest BCUT2D eigenvalue weighted by molar-refractivity contribution is 5.46. The van der Waals surface area contributed by atoms with Crippen molar-refractivity contribution in [2.45, 2.75) is 69.4 Å². The van der Waals surface area contributed by atoms with Crippen LogP contribution in [0.3, 0.4) is 0 Å². The molecule has 2 heterocycles. The largest absolute Gasteiger partial charge is 0.439 e. The number of piperidine rings is 1. The van der Waals surface area contributed by atoms with Crippen molar-refractivity contribution < 1.29 is 9.84 Å². The van der Waals surface area contributed by atoms with Crippen molar-refractivity contribution in [2.24, 2.45) is 5.92 Å². The Bertz CT molecular complexity index is 882. The lowest BCUT2D eigenvalue weighted by Gasteiger charge is -2.61. The fourth-order valence-corrected chi connectivity index (χ4v) is 6.42. The number of aliphatic hydroxyl groups excluding tert-OH is 1. The summed E-state index contributed by atoms with van der Waals surface area (Å²) in [4.78, 5) is 6.94. The number of pyridine rings is 1. The van der Waals surface area contributed by atoms with Gasteiger partial charge in [0.15, 0.2) is 0 Å². The molecule has 0 amide bonds. The molecule has 3 atom stereocenters. The molecule has 0 spiro atoms. The summed E-state index contributed by atoms with van der Waals surface area (Å²) in [5, 5.41) is 10.0. The Kier molecular flexibility index (Phi) is 4.67. The molecule has 154 valence electrons. The number of aliphatic hydroxyl groups is 1. The molecule has 1 aromatic carbocycles. The fraction of sp³-hybridized carbons (Fsp3) is 0.560. The van der Waals surface area contributed by atoms with Crippen molar-refractivity contribution in [3.63, 3.8) is 0 Å². The molecule has 4 heteroatoms. The molecule has 2 fully saturated rings. The van der Waals surface area contributed by atoms with Gasteiger partial charge in [0, 0.05) is 29.3 Å². The summed E-state index contributed by atoms with van der Waals surface area (Å²) in [5.74, 6) is 2.23. The van der Waals surface area contributed by atoms with Crippen molar-refractivity contribution in [1.29, 1.82) is 0 Å². The number of ether oxygens (including phenoxy) is 1. The number of benzene rings is 1. The van der Waals surface area contributed by atoms with E-state index in [0.29, 0.717) is 17.8 Å². The maximum atomic E-state index is 10.0. The highest BCUT2D eigenvalue weighted by Crippen LogP contribution is 2.57. The van der Waals surface area contributed by atoms with Crippen LogP contribution in [0.4, 0.5) is 0 Å². The number of hydrogen-bond acceptors (Lipinski definition) is 4. The van der Waals surface area contributed by atoms with Crippen molar-refractivity contribution >= 4 is 0 Å². The van der Waals surface area contributed by atoms with E-state index in [2.05, 4.69) is 41.9 Å². The third kappa shape index (κ3) is 3.08. The lowest BCUT2D eigenvalue weighted by Crippen LogP contribution is -2.66. The number of likely N-dealkylation sites (tertiary alicyclic amines) is 1. The molecule has 3 aliphatic rings. The molecule has 29 heavy (non-hydrogen) atoms. The molecular weight excluding hydrogens is 360 g/mol. The smallest absolute Gasteiger partial charge is 0.219 e. The van der Waals surface area contributed by atoms with E-state index in [1.54, 1.807) is 6.20 Å². The van der Waals surface area contributed by atoms with Crippen LogP contribution >= 0.6 is 0 Å². The normalized spacial score (nSPS) is 29.1. The van der Waals surface area contributed by atoms with Crippen LogP contribution in [0.2, 0.25) is 0 Å². The predicted octanol–water partition coefficient (Wildman–Crippen LogP) is 4.70. The van der Waals surface area contributed by atoms with E-state index in [1.165, 1.54) is 43.2 Å².